The first-order chi connectivity index (χ1) is 6.99. The molecule has 0 saturated carbocycles. The fourth-order valence-corrected chi connectivity index (χ4v) is 1.71. The molecule has 0 aromatic carbocycles. The minimum atomic E-state index is -1.40. The summed E-state index contributed by atoms with van der Waals surface area (Å²) in [6.45, 7) is 3.32. The van der Waals surface area contributed by atoms with Crippen LogP contribution >= 0.6 is 0 Å². The maximum atomic E-state index is 10.9. The molecule has 5 nitrogen and oxygen atoms in total. The summed E-state index contributed by atoms with van der Waals surface area (Å²) in [7, 11) is 1.35. The molecule has 5 heteroatoms. The molecule has 0 saturated heterocycles. The molecule has 3 unspecified atom stereocenters. The summed E-state index contributed by atoms with van der Waals surface area (Å²) in [5.74, 6) is -5.00. The van der Waals surface area contributed by atoms with Crippen molar-refractivity contribution >= 4 is 11.9 Å². The lowest BCUT2D eigenvalue weighted by Gasteiger charge is -2.33. The summed E-state index contributed by atoms with van der Waals surface area (Å²) in [6.07, 6.45) is -0.0578. The monoisotopic (exact) mass is 216 g/mol. The van der Waals surface area contributed by atoms with Crippen molar-refractivity contribution in [1.29, 1.82) is 0 Å². The van der Waals surface area contributed by atoms with Crippen molar-refractivity contribution in [2.75, 3.05) is 7.11 Å². The molecule has 0 aliphatic heterocycles. The van der Waals surface area contributed by atoms with Gasteiger partial charge in [0.1, 0.15) is 0 Å². The normalized spacial score (nSPS) is 16.7. The first-order valence-corrected chi connectivity index (χ1v) is 4.94. The fourth-order valence-electron chi connectivity index (χ4n) is 1.71. The molecule has 3 atom stereocenters. The Morgan fingerprint density at radius 1 is 1.13 bits per heavy atom. The van der Waals surface area contributed by atoms with Gasteiger partial charge in [-0.05, 0) is 12.8 Å². The van der Waals surface area contributed by atoms with Gasteiger partial charge >= 0.3 is 0 Å². The minimum Gasteiger partial charge on any atom is -0.550 e. The van der Waals surface area contributed by atoms with Crippen LogP contribution in [0, 0.1) is 11.8 Å². The Kier molecular flexibility index (Phi) is 5.93. The van der Waals surface area contributed by atoms with Crippen molar-refractivity contribution in [3.63, 3.8) is 0 Å². The first kappa shape index (κ1) is 13.9. The number of carbonyl (C=O) groups is 2. The van der Waals surface area contributed by atoms with Crippen LogP contribution in [0.1, 0.15) is 26.7 Å². The maximum absolute atomic E-state index is 10.9. The zero-order valence-corrected chi connectivity index (χ0v) is 9.19. The number of methoxy groups -OCH3 is 1. The van der Waals surface area contributed by atoms with E-state index in [9.17, 15) is 19.8 Å². The smallest absolute Gasteiger partial charge is 0.0655 e. The molecule has 0 heterocycles. The molecule has 0 N–H and O–H groups in total. The van der Waals surface area contributed by atoms with Crippen LogP contribution in [-0.4, -0.2) is 25.2 Å². The van der Waals surface area contributed by atoms with Crippen LogP contribution in [0.25, 0.3) is 0 Å². The van der Waals surface area contributed by atoms with Crippen LogP contribution < -0.4 is 10.2 Å². The highest BCUT2D eigenvalue weighted by Crippen LogP contribution is 2.22. The summed E-state index contributed by atoms with van der Waals surface area (Å²) in [5.41, 5.74) is 0. The number of carboxylic acid groups (broad SMARTS) is 2. The third kappa shape index (κ3) is 3.51. The molecular weight excluding hydrogens is 200 g/mol. The Hall–Kier alpha value is -1.10. The lowest BCUT2D eigenvalue weighted by Crippen LogP contribution is -2.49. The van der Waals surface area contributed by atoms with Crippen LogP contribution in [-0.2, 0) is 14.3 Å². The highest BCUT2D eigenvalue weighted by Gasteiger charge is 2.29. The van der Waals surface area contributed by atoms with Gasteiger partial charge in [-0.15, -0.1) is 0 Å². The fraction of sp³-hybridized carbons (Fsp3) is 0.800. The average Bonchev–Trinajstić information content (AvgIpc) is 2.17. The van der Waals surface area contributed by atoms with Crippen LogP contribution in [0.4, 0.5) is 0 Å². The van der Waals surface area contributed by atoms with Gasteiger partial charge in [-0.3, -0.25) is 0 Å². The van der Waals surface area contributed by atoms with E-state index in [1.165, 1.54) is 7.11 Å². The lowest BCUT2D eigenvalue weighted by atomic mass is 9.84. The van der Waals surface area contributed by atoms with Gasteiger partial charge < -0.3 is 24.5 Å². The van der Waals surface area contributed by atoms with E-state index in [0.29, 0.717) is 6.42 Å². The molecule has 0 aliphatic carbocycles. The molecule has 0 fully saturated rings. The molecule has 0 aliphatic rings. The van der Waals surface area contributed by atoms with Gasteiger partial charge in [0.2, 0.25) is 0 Å². The predicted octanol–water partition coefficient (Wildman–Crippen LogP) is -1.45. The van der Waals surface area contributed by atoms with Gasteiger partial charge in [0.15, 0.2) is 0 Å². The standard InChI is InChI=1S/C10H18O5/c1-4-6(9(11)12)8(10(13)14)7(5-2)15-3/h6-8H,4-5H2,1-3H3,(H,11,12)(H,13,14)/p-2. The van der Waals surface area contributed by atoms with Gasteiger partial charge in [0, 0.05) is 30.9 Å². The van der Waals surface area contributed by atoms with Crippen molar-refractivity contribution in [3.05, 3.63) is 0 Å². The number of hydrogen-bond acceptors (Lipinski definition) is 5. The van der Waals surface area contributed by atoms with Gasteiger partial charge in [0.25, 0.3) is 0 Å². The molecule has 0 rings (SSSR count). The zero-order valence-electron chi connectivity index (χ0n) is 9.19. The SMILES string of the molecule is CCC(OC)C(C(=O)[O-])C(CC)C(=O)[O-]. The molecule has 88 valence electrons. The Morgan fingerprint density at radius 3 is 1.87 bits per heavy atom. The molecule has 0 aromatic rings. The van der Waals surface area contributed by atoms with Crippen molar-refractivity contribution in [2.45, 2.75) is 32.8 Å². The van der Waals surface area contributed by atoms with E-state index in [1.807, 2.05) is 0 Å². The summed E-state index contributed by atoms with van der Waals surface area (Å²) < 4.78 is 4.94. The zero-order chi connectivity index (χ0) is 12.0. The minimum absolute atomic E-state index is 0.181. The van der Waals surface area contributed by atoms with E-state index in [4.69, 9.17) is 4.74 Å². The van der Waals surface area contributed by atoms with E-state index in [0.717, 1.165) is 0 Å². The summed E-state index contributed by atoms with van der Waals surface area (Å²) in [5, 5.41) is 21.6. The number of carboxylic acids is 2. The quantitative estimate of drug-likeness (QED) is 0.519. The van der Waals surface area contributed by atoms with Gasteiger partial charge in [-0.1, -0.05) is 13.8 Å². The molecular formula is C10H16O5-2. The second-order valence-corrected chi connectivity index (χ2v) is 3.36. The summed E-state index contributed by atoms with van der Waals surface area (Å²) in [6, 6.07) is 0. The van der Waals surface area contributed by atoms with Crippen molar-refractivity contribution in [2.24, 2.45) is 11.8 Å². The van der Waals surface area contributed by atoms with E-state index in [1.54, 1.807) is 13.8 Å². The Morgan fingerprint density at radius 2 is 1.67 bits per heavy atom. The van der Waals surface area contributed by atoms with Crippen LogP contribution in [0.2, 0.25) is 0 Å². The number of aliphatic carboxylic acids is 2. The first-order valence-electron chi connectivity index (χ1n) is 4.94. The summed E-state index contributed by atoms with van der Waals surface area (Å²) >= 11 is 0. The Labute approximate surface area is 89.0 Å². The number of carbonyl (C=O) groups excluding carboxylic acids is 2. The summed E-state index contributed by atoms with van der Waals surface area (Å²) in [4.78, 5) is 21.6. The van der Waals surface area contributed by atoms with Crippen LogP contribution in [0.3, 0.4) is 0 Å². The van der Waals surface area contributed by atoms with E-state index < -0.39 is 29.9 Å². The van der Waals surface area contributed by atoms with Crippen molar-refractivity contribution in [3.8, 4) is 0 Å². The molecule has 0 aromatic heterocycles. The third-order valence-electron chi connectivity index (χ3n) is 2.55. The van der Waals surface area contributed by atoms with Gasteiger partial charge in [-0.2, -0.15) is 0 Å². The van der Waals surface area contributed by atoms with Gasteiger partial charge in [0.05, 0.1) is 6.10 Å². The number of rotatable bonds is 7. The van der Waals surface area contributed by atoms with Gasteiger partial charge in [-0.25, -0.2) is 0 Å². The Bertz CT molecular complexity index is 222. The topological polar surface area (TPSA) is 89.5 Å². The highest BCUT2D eigenvalue weighted by molar-refractivity contribution is 5.78. The second-order valence-electron chi connectivity index (χ2n) is 3.36. The molecule has 0 radical (unpaired) electrons. The lowest BCUT2D eigenvalue weighted by molar-refractivity contribution is -0.330. The molecule has 0 amide bonds. The maximum Gasteiger partial charge on any atom is 0.0655 e. The Balaban J connectivity index is 4.91. The van der Waals surface area contributed by atoms with Crippen molar-refractivity contribution in [1.82, 2.24) is 0 Å². The largest absolute Gasteiger partial charge is 0.550 e. The molecule has 15 heavy (non-hydrogen) atoms. The second kappa shape index (κ2) is 6.40. The third-order valence-corrected chi connectivity index (χ3v) is 2.55. The van der Waals surface area contributed by atoms with E-state index in [2.05, 4.69) is 0 Å². The predicted molar refractivity (Wildman–Crippen MR) is 48.4 cm³/mol. The van der Waals surface area contributed by atoms with Crippen LogP contribution in [0.15, 0.2) is 0 Å². The van der Waals surface area contributed by atoms with Crippen molar-refractivity contribution < 1.29 is 24.5 Å². The number of ether oxygens (including phenoxy) is 1. The van der Waals surface area contributed by atoms with E-state index in [-0.39, 0.29) is 6.42 Å². The highest BCUT2D eigenvalue weighted by atomic mass is 16.5. The molecule has 0 bridgehead atoms. The number of hydrogen-bond donors (Lipinski definition) is 0. The molecule has 0 spiro atoms. The average molecular weight is 216 g/mol. The van der Waals surface area contributed by atoms with E-state index >= 15 is 0 Å². The van der Waals surface area contributed by atoms with Crippen LogP contribution in [0.5, 0.6) is 0 Å².